The predicted molar refractivity (Wildman–Crippen MR) is 120 cm³/mol. The summed E-state index contributed by atoms with van der Waals surface area (Å²) in [5.74, 6) is -0.778. The molecule has 1 amide bonds. The average molecular weight is 505 g/mol. The lowest BCUT2D eigenvalue weighted by Crippen LogP contribution is -2.17. The Bertz CT molecular complexity index is 1220. The van der Waals surface area contributed by atoms with Crippen molar-refractivity contribution < 1.29 is 14.6 Å². The number of nitro benzene ring substituents is 2. The average Bonchev–Trinajstić information content (AvgIpc) is 3.10. The van der Waals surface area contributed by atoms with Crippen molar-refractivity contribution in [3.8, 4) is 11.3 Å². The van der Waals surface area contributed by atoms with Crippen LogP contribution in [-0.2, 0) is 13.0 Å². The van der Waals surface area contributed by atoms with Crippen LogP contribution in [0.5, 0.6) is 0 Å². The molecule has 0 aliphatic rings. The highest BCUT2D eigenvalue weighted by molar-refractivity contribution is 9.10. The van der Waals surface area contributed by atoms with Gasteiger partial charge in [0.2, 0.25) is 0 Å². The number of benzene rings is 2. The number of aryl methyl sites for hydroxylation is 1. The van der Waals surface area contributed by atoms with Crippen molar-refractivity contribution in [2.24, 2.45) is 4.99 Å². The van der Waals surface area contributed by atoms with Crippen LogP contribution >= 0.6 is 27.3 Å². The molecular formula is C20H17BrN4O5S. The van der Waals surface area contributed by atoms with Gasteiger partial charge in [-0.15, -0.1) is 11.3 Å². The van der Waals surface area contributed by atoms with E-state index in [-0.39, 0.29) is 5.56 Å². The lowest BCUT2D eigenvalue weighted by atomic mass is 10.1. The molecule has 0 fully saturated rings. The number of nitrogens with zero attached hydrogens (tertiary/aromatic N) is 4. The van der Waals surface area contributed by atoms with Crippen LogP contribution in [0.15, 0.2) is 51.9 Å². The molecule has 3 rings (SSSR count). The van der Waals surface area contributed by atoms with Crippen molar-refractivity contribution in [2.75, 3.05) is 0 Å². The molecule has 0 aliphatic carbocycles. The molecule has 11 heteroatoms. The van der Waals surface area contributed by atoms with E-state index in [9.17, 15) is 25.0 Å². The quantitative estimate of drug-likeness (QED) is 0.340. The van der Waals surface area contributed by atoms with Crippen molar-refractivity contribution in [3.63, 3.8) is 0 Å². The summed E-state index contributed by atoms with van der Waals surface area (Å²) < 4.78 is 2.84. The third kappa shape index (κ3) is 4.78. The van der Waals surface area contributed by atoms with Gasteiger partial charge in [0, 0.05) is 28.0 Å². The summed E-state index contributed by atoms with van der Waals surface area (Å²) >= 11 is 4.77. The fourth-order valence-corrected chi connectivity index (χ4v) is 4.49. The van der Waals surface area contributed by atoms with Crippen LogP contribution in [0.4, 0.5) is 11.4 Å². The minimum Gasteiger partial charge on any atom is -0.316 e. The third-order valence-corrected chi connectivity index (χ3v) is 6.25. The van der Waals surface area contributed by atoms with Crippen molar-refractivity contribution in [2.45, 2.75) is 26.8 Å². The van der Waals surface area contributed by atoms with E-state index in [2.05, 4.69) is 20.9 Å². The lowest BCUT2D eigenvalue weighted by molar-refractivity contribution is -0.394. The summed E-state index contributed by atoms with van der Waals surface area (Å²) in [6.07, 6.45) is 0.724. The van der Waals surface area contributed by atoms with Gasteiger partial charge in [0.05, 0.1) is 27.2 Å². The molecular weight excluding hydrogens is 488 g/mol. The van der Waals surface area contributed by atoms with Gasteiger partial charge in [-0.1, -0.05) is 35.0 Å². The van der Waals surface area contributed by atoms with Gasteiger partial charge in [0.1, 0.15) is 0 Å². The Morgan fingerprint density at radius 1 is 1.06 bits per heavy atom. The summed E-state index contributed by atoms with van der Waals surface area (Å²) in [7, 11) is 0. The number of hydrogen-bond donors (Lipinski definition) is 0. The zero-order valence-corrected chi connectivity index (χ0v) is 19.0. The fraction of sp³-hybridized carbons (Fsp3) is 0.200. The molecule has 9 nitrogen and oxygen atoms in total. The molecule has 31 heavy (non-hydrogen) atoms. The molecule has 0 aliphatic heterocycles. The highest BCUT2D eigenvalue weighted by Gasteiger charge is 2.20. The summed E-state index contributed by atoms with van der Waals surface area (Å²) in [6.45, 7) is 4.48. The van der Waals surface area contributed by atoms with Crippen LogP contribution in [0.25, 0.3) is 11.3 Å². The predicted octanol–water partition coefficient (Wildman–Crippen LogP) is 5.12. The molecule has 1 heterocycles. The van der Waals surface area contributed by atoms with E-state index in [1.165, 1.54) is 11.3 Å². The minimum absolute atomic E-state index is 0.208. The first-order valence-corrected chi connectivity index (χ1v) is 10.9. The first-order chi connectivity index (χ1) is 14.7. The van der Waals surface area contributed by atoms with Gasteiger partial charge in [0.15, 0.2) is 4.80 Å². The number of carbonyl (C=O) groups excluding carboxylic acids is 1. The molecule has 0 radical (unpaired) electrons. The van der Waals surface area contributed by atoms with Crippen molar-refractivity contribution in [1.29, 1.82) is 0 Å². The zero-order valence-electron chi connectivity index (χ0n) is 16.6. The number of hydrogen-bond acceptors (Lipinski definition) is 6. The van der Waals surface area contributed by atoms with Gasteiger partial charge >= 0.3 is 0 Å². The maximum absolute atomic E-state index is 12.8. The lowest BCUT2D eigenvalue weighted by Gasteiger charge is -2.08. The van der Waals surface area contributed by atoms with Crippen LogP contribution in [0.3, 0.4) is 0 Å². The third-order valence-electron chi connectivity index (χ3n) is 4.50. The van der Waals surface area contributed by atoms with Crippen LogP contribution in [-0.4, -0.2) is 20.3 Å². The number of nitro groups is 2. The number of halogens is 1. The maximum Gasteiger partial charge on any atom is 0.280 e. The van der Waals surface area contributed by atoms with Gasteiger partial charge in [0.25, 0.3) is 17.3 Å². The van der Waals surface area contributed by atoms with Gasteiger partial charge in [-0.3, -0.25) is 25.0 Å². The zero-order chi connectivity index (χ0) is 22.7. The summed E-state index contributed by atoms with van der Waals surface area (Å²) in [4.78, 5) is 39.1. The normalized spacial score (nSPS) is 11.5. The number of carbonyl (C=O) groups is 1. The van der Waals surface area contributed by atoms with Crippen molar-refractivity contribution in [3.05, 3.63) is 82.4 Å². The van der Waals surface area contributed by atoms with Crippen LogP contribution in [0, 0.1) is 20.2 Å². The first kappa shape index (κ1) is 22.5. The van der Waals surface area contributed by atoms with Gasteiger partial charge in [-0.2, -0.15) is 4.99 Å². The number of amides is 1. The molecule has 0 unspecified atom stereocenters. The number of non-ortho nitro benzene ring substituents is 2. The Morgan fingerprint density at radius 3 is 2.13 bits per heavy atom. The van der Waals surface area contributed by atoms with Crippen LogP contribution in [0.2, 0.25) is 0 Å². The topological polar surface area (TPSA) is 121 Å². The van der Waals surface area contributed by atoms with Crippen LogP contribution < -0.4 is 4.80 Å². The van der Waals surface area contributed by atoms with Gasteiger partial charge in [-0.05, 0) is 31.0 Å². The van der Waals surface area contributed by atoms with E-state index in [1.807, 2.05) is 42.7 Å². The molecule has 0 N–H and O–H groups in total. The Kier molecular flexibility index (Phi) is 6.76. The Labute approximate surface area is 189 Å². The molecule has 160 valence electrons. The Hall–Kier alpha value is -3.18. The highest BCUT2D eigenvalue weighted by Crippen LogP contribution is 2.28. The molecule has 0 saturated carbocycles. The molecule has 3 aromatic rings. The second kappa shape index (κ2) is 9.31. The number of thiazole rings is 1. The molecule has 0 bridgehead atoms. The second-order valence-electron chi connectivity index (χ2n) is 6.43. The second-order valence-corrected chi connectivity index (χ2v) is 8.41. The van der Waals surface area contributed by atoms with Gasteiger partial charge < -0.3 is 4.57 Å². The monoisotopic (exact) mass is 504 g/mol. The van der Waals surface area contributed by atoms with E-state index in [0.717, 1.165) is 45.2 Å². The summed E-state index contributed by atoms with van der Waals surface area (Å²) in [6, 6.07) is 10.6. The Morgan fingerprint density at radius 2 is 1.65 bits per heavy atom. The largest absolute Gasteiger partial charge is 0.316 e. The SMILES string of the molecule is CCc1sc(=NC(=O)c2cc([N+](=O)[O-])cc([N+](=O)[O-])c2)n(CC)c1-c1ccc(Br)cc1. The minimum atomic E-state index is -0.778. The molecule has 1 aromatic heterocycles. The number of rotatable bonds is 6. The molecule has 2 aromatic carbocycles. The summed E-state index contributed by atoms with van der Waals surface area (Å²) in [5, 5.41) is 22.2. The summed E-state index contributed by atoms with van der Waals surface area (Å²) in [5.41, 5.74) is 0.636. The standard InChI is InChI=1S/C20H17BrN4O5S/c1-3-17-18(12-5-7-14(21)8-6-12)23(4-2)20(31-17)22-19(26)13-9-15(24(27)28)11-16(10-13)25(29)30/h5-11H,3-4H2,1-2H3. The molecule has 0 saturated heterocycles. The van der Waals surface area contributed by atoms with E-state index in [0.29, 0.717) is 11.3 Å². The van der Waals surface area contributed by atoms with E-state index < -0.39 is 27.1 Å². The fourth-order valence-electron chi connectivity index (χ4n) is 3.08. The van der Waals surface area contributed by atoms with Crippen molar-refractivity contribution >= 4 is 44.5 Å². The van der Waals surface area contributed by atoms with E-state index >= 15 is 0 Å². The van der Waals surface area contributed by atoms with Gasteiger partial charge in [-0.25, -0.2) is 0 Å². The smallest absolute Gasteiger partial charge is 0.280 e. The van der Waals surface area contributed by atoms with E-state index in [1.54, 1.807) is 0 Å². The number of aromatic nitrogens is 1. The molecule has 0 atom stereocenters. The van der Waals surface area contributed by atoms with Crippen LogP contribution in [0.1, 0.15) is 29.1 Å². The maximum atomic E-state index is 12.8. The van der Waals surface area contributed by atoms with Crippen molar-refractivity contribution in [1.82, 2.24) is 4.57 Å². The Balaban J connectivity index is 2.16. The molecule has 0 spiro atoms. The first-order valence-electron chi connectivity index (χ1n) is 9.26. The highest BCUT2D eigenvalue weighted by atomic mass is 79.9. The van der Waals surface area contributed by atoms with E-state index in [4.69, 9.17) is 0 Å².